The lowest BCUT2D eigenvalue weighted by atomic mass is 10.1. The molecule has 1 amide bonds. The minimum absolute atomic E-state index is 0.0267. The molecule has 0 aromatic heterocycles. The first kappa shape index (κ1) is 16.3. The average Bonchev–Trinajstić information content (AvgIpc) is 2.35. The van der Waals surface area contributed by atoms with Crippen molar-refractivity contribution in [1.82, 2.24) is 5.32 Å². The Kier molecular flexibility index (Phi) is 5.85. The van der Waals surface area contributed by atoms with E-state index in [1.165, 1.54) is 12.1 Å². The van der Waals surface area contributed by atoms with Gasteiger partial charge in [-0.25, -0.2) is 0 Å². The molecule has 0 heterocycles. The molecule has 0 aliphatic carbocycles. The highest BCUT2D eigenvalue weighted by molar-refractivity contribution is 5.77. The van der Waals surface area contributed by atoms with Gasteiger partial charge in [0.25, 0.3) is 5.91 Å². The van der Waals surface area contributed by atoms with Crippen molar-refractivity contribution in [2.24, 2.45) is 5.92 Å². The molecular formula is C14H18F3NO2. The Bertz CT molecular complexity index is 444. The van der Waals surface area contributed by atoms with Crippen LogP contribution in [0.15, 0.2) is 24.3 Å². The minimum atomic E-state index is -4.42. The van der Waals surface area contributed by atoms with Crippen LogP contribution in [0.25, 0.3) is 0 Å². The summed E-state index contributed by atoms with van der Waals surface area (Å²) in [6.45, 7) is 4.30. The number of alkyl halides is 3. The standard InChI is InChI=1S/C14H18F3NO2/c1-10(2)6-7-18-13(19)9-20-12-5-3-4-11(8-12)14(15,16)17/h3-5,8,10H,6-7,9H2,1-2H3,(H,18,19). The highest BCUT2D eigenvalue weighted by Gasteiger charge is 2.30. The molecule has 0 aliphatic rings. The Hall–Kier alpha value is -1.72. The van der Waals surface area contributed by atoms with E-state index in [2.05, 4.69) is 5.32 Å². The summed E-state index contributed by atoms with van der Waals surface area (Å²) in [5.74, 6) is 0.154. The summed E-state index contributed by atoms with van der Waals surface area (Å²) in [5, 5.41) is 2.64. The normalized spacial score (nSPS) is 11.5. The van der Waals surface area contributed by atoms with Gasteiger partial charge in [0.1, 0.15) is 5.75 Å². The average molecular weight is 289 g/mol. The van der Waals surface area contributed by atoms with E-state index in [0.717, 1.165) is 18.6 Å². The number of ether oxygens (including phenoxy) is 1. The van der Waals surface area contributed by atoms with E-state index in [-0.39, 0.29) is 18.3 Å². The largest absolute Gasteiger partial charge is 0.484 e. The van der Waals surface area contributed by atoms with Crippen LogP contribution in [0.5, 0.6) is 5.75 Å². The van der Waals surface area contributed by atoms with E-state index < -0.39 is 11.7 Å². The topological polar surface area (TPSA) is 38.3 Å². The smallest absolute Gasteiger partial charge is 0.416 e. The predicted octanol–water partition coefficient (Wildman–Crippen LogP) is 3.25. The maximum absolute atomic E-state index is 12.5. The van der Waals surface area contributed by atoms with Gasteiger partial charge in [-0.1, -0.05) is 19.9 Å². The molecule has 0 saturated carbocycles. The van der Waals surface area contributed by atoms with E-state index in [1.807, 2.05) is 13.8 Å². The van der Waals surface area contributed by atoms with Gasteiger partial charge >= 0.3 is 6.18 Å². The van der Waals surface area contributed by atoms with Crippen LogP contribution in [0.3, 0.4) is 0 Å². The van der Waals surface area contributed by atoms with Gasteiger partial charge < -0.3 is 10.1 Å². The van der Waals surface area contributed by atoms with Gasteiger partial charge in [-0.15, -0.1) is 0 Å². The van der Waals surface area contributed by atoms with Crippen LogP contribution in [0.4, 0.5) is 13.2 Å². The molecule has 1 N–H and O–H groups in total. The maximum atomic E-state index is 12.5. The van der Waals surface area contributed by atoms with Crippen LogP contribution >= 0.6 is 0 Å². The Balaban J connectivity index is 2.44. The first-order chi connectivity index (χ1) is 9.29. The summed E-state index contributed by atoms with van der Waals surface area (Å²) >= 11 is 0. The SMILES string of the molecule is CC(C)CCNC(=O)COc1cccc(C(F)(F)F)c1. The molecule has 0 atom stereocenters. The lowest BCUT2D eigenvalue weighted by molar-refractivity contribution is -0.137. The monoisotopic (exact) mass is 289 g/mol. The predicted molar refractivity (Wildman–Crippen MR) is 69.4 cm³/mol. The minimum Gasteiger partial charge on any atom is -0.484 e. The van der Waals surface area contributed by atoms with E-state index >= 15 is 0 Å². The highest BCUT2D eigenvalue weighted by Crippen LogP contribution is 2.31. The van der Waals surface area contributed by atoms with Crippen LogP contribution < -0.4 is 10.1 Å². The van der Waals surface area contributed by atoms with Gasteiger partial charge in [-0.2, -0.15) is 13.2 Å². The Morgan fingerprint density at radius 2 is 2.05 bits per heavy atom. The van der Waals surface area contributed by atoms with Gasteiger partial charge in [-0.3, -0.25) is 4.79 Å². The molecule has 3 nitrogen and oxygen atoms in total. The van der Waals surface area contributed by atoms with Crippen molar-refractivity contribution in [3.8, 4) is 5.75 Å². The molecular weight excluding hydrogens is 271 g/mol. The van der Waals surface area contributed by atoms with E-state index in [0.29, 0.717) is 12.5 Å². The number of halogens is 3. The van der Waals surface area contributed by atoms with Gasteiger partial charge in [0.2, 0.25) is 0 Å². The summed E-state index contributed by atoms with van der Waals surface area (Å²) in [6.07, 6.45) is -3.58. The Labute approximate surface area is 116 Å². The molecule has 1 aromatic rings. The third kappa shape index (κ3) is 5.95. The molecule has 0 aliphatic heterocycles. The molecule has 0 radical (unpaired) electrons. The van der Waals surface area contributed by atoms with Crippen molar-refractivity contribution in [3.05, 3.63) is 29.8 Å². The van der Waals surface area contributed by atoms with Crippen LogP contribution in [0.1, 0.15) is 25.8 Å². The number of carbonyl (C=O) groups excluding carboxylic acids is 1. The number of benzene rings is 1. The summed E-state index contributed by atoms with van der Waals surface area (Å²) in [4.78, 5) is 11.4. The van der Waals surface area contributed by atoms with E-state index in [4.69, 9.17) is 4.74 Å². The zero-order valence-corrected chi connectivity index (χ0v) is 11.5. The summed E-state index contributed by atoms with van der Waals surface area (Å²) in [7, 11) is 0. The number of hydrogen-bond donors (Lipinski definition) is 1. The summed E-state index contributed by atoms with van der Waals surface area (Å²) in [5.41, 5.74) is -0.796. The highest BCUT2D eigenvalue weighted by atomic mass is 19.4. The van der Waals surface area contributed by atoms with Crippen LogP contribution in [-0.2, 0) is 11.0 Å². The molecule has 112 valence electrons. The maximum Gasteiger partial charge on any atom is 0.416 e. The second-order valence-electron chi connectivity index (χ2n) is 4.85. The molecule has 1 aromatic carbocycles. The van der Waals surface area contributed by atoms with Gasteiger partial charge in [0.05, 0.1) is 5.56 Å². The van der Waals surface area contributed by atoms with Gasteiger partial charge in [0, 0.05) is 6.54 Å². The summed E-state index contributed by atoms with van der Waals surface area (Å²) in [6, 6.07) is 4.46. The van der Waals surface area contributed by atoms with Crippen LogP contribution in [-0.4, -0.2) is 19.1 Å². The molecule has 1 rings (SSSR count). The van der Waals surface area contributed by atoms with Crippen molar-refractivity contribution in [3.63, 3.8) is 0 Å². The van der Waals surface area contributed by atoms with Crippen molar-refractivity contribution in [2.75, 3.05) is 13.2 Å². The van der Waals surface area contributed by atoms with Crippen molar-refractivity contribution >= 4 is 5.91 Å². The molecule has 0 saturated heterocycles. The zero-order valence-electron chi connectivity index (χ0n) is 11.5. The number of nitrogens with one attached hydrogen (secondary N) is 1. The zero-order chi connectivity index (χ0) is 15.2. The van der Waals surface area contributed by atoms with E-state index in [9.17, 15) is 18.0 Å². The third-order valence-electron chi connectivity index (χ3n) is 2.58. The van der Waals surface area contributed by atoms with Gasteiger partial charge in [-0.05, 0) is 30.5 Å². The number of rotatable bonds is 6. The van der Waals surface area contributed by atoms with Crippen molar-refractivity contribution in [1.29, 1.82) is 0 Å². The molecule has 0 bridgehead atoms. The fourth-order valence-electron chi connectivity index (χ4n) is 1.46. The first-order valence-corrected chi connectivity index (χ1v) is 6.36. The quantitative estimate of drug-likeness (QED) is 0.873. The first-order valence-electron chi connectivity index (χ1n) is 6.36. The Morgan fingerprint density at radius 1 is 1.35 bits per heavy atom. The molecule has 6 heteroatoms. The van der Waals surface area contributed by atoms with Crippen LogP contribution in [0, 0.1) is 5.92 Å². The lowest BCUT2D eigenvalue weighted by Crippen LogP contribution is -2.30. The Morgan fingerprint density at radius 3 is 2.65 bits per heavy atom. The van der Waals surface area contributed by atoms with E-state index in [1.54, 1.807) is 0 Å². The number of amides is 1. The molecule has 0 unspecified atom stereocenters. The lowest BCUT2D eigenvalue weighted by Gasteiger charge is -2.11. The fraction of sp³-hybridized carbons (Fsp3) is 0.500. The second-order valence-corrected chi connectivity index (χ2v) is 4.85. The molecule has 0 fully saturated rings. The van der Waals surface area contributed by atoms with Crippen molar-refractivity contribution < 1.29 is 22.7 Å². The van der Waals surface area contributed by atoms with Crippen LogP contribution in [0.2, 0.25) is 0 Å². The number of hydrogen-bond acceptors (Lipinski definition) is 2. The third-order valence-corrected chi connectivity index (χ3v) is 2.58. The molecule has 20 heavy (non-hydrogen) atoms. The van der Waals surface area contributed by atoms with Gasteiger partial charge in [0.15, 0.2) is 6.61 Å². The van der Waals surface area contributed by atoms with Crippen molar-refractivity contribution in [2.45, 2.75) is 26.4 Å². The summed E-state index contributed by atoms with van der Waals surface area (Å²) < 4.78 is 42.5. The molecule has 0 spiro atoms. The second kappa shape index (κ2) is 7.17. The number of carbonyl (C=O) groups is 1. The fourth-order valence-corrected chi connectivity index (χ4v) is 1.46.